The first-order valence-corrected chi connectivity index (χ1v) is 6.85. The monoisotopic (exact) mass is 274 g/mol. The summed E-state index contributed by atoms with van der Waals surface area (Å²) >= 11 is 0. The van der Waals surface area contributed by atoms with Crippen LogP contribution < -0.4 is 10.2 Å². The van der Waals surface area contributed by atoms with Gasteiger partial charge in [0.05, 0.1) is 4.90 Å². The fourth-order valence-electron chi connectivity index (χ4n) is 1.44. The molecule has 0 aliphatic carbocycles. The number of benzene rings is 1. The Hall–Kier alpha value is -1.60. The van der Waals surface area contributed by atoms with Crippen LogP contribution in [0.2, 0.25) is 0 Å². The Labute approximate surface area is 102 Å². The Morgan fingerprint density at radius 3 is 2.18 bits per heavy atom. The van der Waals surface area contributed by atoms with E-state index in [2.05, 4.69) is 5.32 Å². The number of nitrogens with zero attached hydrogens (tertiary/aromatic N) is 1. The van der Waals surface area contributed by atoms with E-state index in [1.807, 2.05) is 0 Å². The number of rotatable bonds is 2. The number of urea groups is 1. The highest BCUT2D eigenvalue weighted by molar-refractivity contribution is 8.13. The summed E-state index contributed by atoms with van der Waals surface area (Å²) in [5.74, 6) is -0.399. The number of halogens is 1. The highest BCUT2D eigenvalue weighted by Crippen LogP contribution is 2.21. The van der Waals surface area contributed by atoms with Gasteiger partial charge >= 0.3 is 6.03 Å². The summed E-state index contributed by atoms with van der Waals surface area (Å²) in [5, 5.41) is 2.11. The first-order valence-electron chi connectivity index (χ1n) is 4.54. The van der Waals surface area contributed by atoms with Gasteiger partial charge in [-0.2, -0.15) is 0 Å². The van der Waals surface area contributed by atoms with Gasteiger partial charge in [0.15, 0.2) is 0 Å². The zero-order chi connectivity index (χ0) is 12.6. The number of anilines is 1. The lowest BCUT2D eigenvalue weighted by molar-refractivity contribution is -0.117. The summed E-state index contributed by atoms with van der Waals surface area (Å²) in [4.78, 5) is 23.4. The minimum Gasteiger partial charge on any atom is -0.285 e. The topological polar surface area (TPSA) is 83.6 Å². The maximum absolute atomic E-state index is 11.3. The van der Waals surface area contributed by atoms with Crippen LogP contribution >= 0.6 is 10.7 Å². The lowest BCUT2D eigenvalue weighted by Crippen LogP contribution is -2.27. The van der Waals surface area contributed by atoms with E-state index >= 15 is 0 Å². The second kappa shape index (κ2) is 4.01. The fraction of sp³-hybridized carbons (Fsp3) is 0.111. The highest BCUT2D eigenvalue weighted by Gasteiger charge is 2.27. The second-order valence-corrected chi connectivity index (χ2v) is 5.94. The smallest absolute Gasteiger partial charge is 0.285 e. The van der Waals surface area contributed by atoms with E-state index in [4.69, 9.17) is 10.7 Å². The predicted molar refractivity (Wildman–Crippen MR) is 60.4 cm³/mol. The van der Waals surface area contributed by atoms with Crippen molar-refractivity contribution in [3.8, 4) is 0 Å². The molecular formula is C9H7ClN2O4S. The van der Waals surface area contributed by atoms with Gasteiger partial charge in [-0.3, -0.25) is 15.0 Å². The third-order valence-corrected chi connectivity index (χ3v) is 3.59. The van der Waals surface area contributed by atoms with Gasteiger partial charge in [-0.15, -0.1) is 0 Å². The molecule has 6 nitrogen and oxygen atoms in total. The van der Waals surface area contributed by atoms with Gasteiger partial charge in [0.25, 0.3) is 9.05 Å². The maximum atomic E-state index is 11.3. The van der Waals surface area contributed by atoms with Gasteiger partial charge in [-0.1, -0.05) is 0 Å². The molecule has 1 N–H and O–H groups in total. The highest BCUT2D eigenvalue weighted by atomic mass is 35.7. The standard InChI is InChI=1S/C9H7ClN2O4S/c10-17(15,16)7-3-1-6(2-4-7)12-5-8(13)11-9(12)14/h1-4H,5H2,(H,11,13,14). The van der Waals surface area contributed by atoms with E-state index in [0.29, 0.717) is 5.69 Å². The van der Waals surface area contributed by atoms with Crippen LogP contribution in [0.5, 0.6) is 0 Å². The molecule has 90 valence electrons. The van der Waals surface area contributed by atoms with Crippen molar-refractivity contribution in [1.82, 2.24) is 5.32 Å². The molecule has 1 fully saturated rings. The van der Waals surface area contributed by atoms with Crippen LogP contribution in [0.15, 0.2) is 29.2 Å². The molecular weight excluding hydrogens is 268 g/mol. The Balaban J connectivity index is 2.31. The molecule has 2 rings (SSSR count). The molecule has 1 aromatic rings. The molecule has 1 aliphatic heterocycles. The average Bonchev–Trinajstić information content (AvgIpc) is 2.57. The number of carbonyl (C=O) groups is 2. The number of amides is 3. The number of hydrogen-bond acceptors (Lipinski definition) is 4. The Morgan fingerprint density at radius 2 is 1.76 bits per heavy atom. The molecule has 0 spiro atoms. The van der Waals surface area contributed by atoms with Crippen LogP contribution in [0.1, 0.15) is 0 Å². The van der Waals surface area contributed by atoms with Crippen molar-refractivity contribution >= 4 is 37.4 Å². The van der Waals surface area contributed by atoms with Gasteiger partial charge < -0.3 is 0 Å². The van der Waals surface area contributed by atoms with Gasteiger partial charge in [0.2, 0.25) is 5.91 Å². The fourth-order valence-corrected chi connectivity index (χ4v) is 2.21. The minimum absolute atomic E-state index is 0.0613. The van der Waals surface area contributed by atoms with Crippen molar-refractivity contribution in [1.29, 1.82) is 0 Å². The zero-order valence-electron chi connectivity index (χ0n) is 8.38. The molecule has 0 bridgehead atoms. The van der Waals surface area contributed by atoms with Crippen LogP contribution in [-0.2, 0) is 13.8 Å². The quantitative estimate of drug-likeness (QED) is 0.635. The summed E-state index contributed by atoms with van der Waals surface area (Å²) in [6.07, 6.45) is 0. The van der Waals surface area contributed by atoms with Crippen LogP contribution in [0, 0.1) is 0 Å². The molecule has 0 unspecified atom stereocenters. The van der Waals surface area contributed by atoms with E-state index in [9.17, 15) is 18.0 Å². The van der Waals surface area contributed by atoms with Crippen molar-refractivity contribution in [3.63, 3.8) is 0 Å². The van der Waals surface area contributed by atoms with E-state index in [1.165, 1.54) is 29.2 Å². The van der Waals surface area contributed by atoms with Crippen LogP contribution in [-0.4, -0.2) is 26.9 Å². The molecule has 1 aliphatic rings. The molecule has 0 atom stereocenters. The molecule has 0 aromatic heterocycles. The lowest BCUT2D eigenvalue weighted by Gasteiger charge is -2.12. The maximum Gasteiger partial charge on any atom is 0.329 e. The molecule has 1 saturated heterocycles. The molecule has 17 heavy (non-hydrogen) atoms. The summed E-state index contributed by atoms with van der Waals surface area (Å²) < 4.78 is 22.0. The van der Waals surface area contributed by atoms with Gasteiger partial charge in [0.1, 0.15) is 6.54 Å². The molecule has 0 radical (unpaired) electrons. The van der Waals surface area contributed by atoms with Crippen molar-refractivity contribution < 1.29 is 18.0 Å². The predicted octanol–water partition coefficient (Wildman–Crippen LogP) is 0.670. The van der Waals surface area contributed by atoms with E-state index in [-0.39, 0.29) is 11.4 Å². The first-order chi connectivity index (χ1) is 7.88. The first kappa shape index (κ1) is 11.9. The third kappa shape index (κ3) is 2.40. The SMILES string of the molecule is O=C1CN(c2ccc(S(=O)(=O)Cl)cc2)C(=O)N1. The minimum atomic E-state index is -3.78. The molecule has 8 heteroatoms. The normalized spacial score (nSPS) is 16.2. The lowest BCUT2D eigenvalue weighted by atomic mass is 10.3. The van der Waals surface area contributed by atoms with E-state index < -0.39 is 21.0 Å². The third-order valence-electron chi connectivity index (χ3n) is 2.22. The Morgan fingerprint density at radius 1 is 1.18 bits per heavy atom. The average molecular weight is 275 g/mol. The van der Waals surface area contributed by atoms with Crippen LogP contribution in [0.25, 0.3) is 0 Å². The van der Waals surface area contributed by atoms with Gasteiger partial charge in [0, 0.05) is 16.4 Å². The van der Waals surface area contributed by atoms with Crippen molar-refractivity contribution in [2.45, 2.75) is 4.90 Å². The van der Waals surface area contributed by atoms with E-state index in [0.717, 1.165) is 0 Å². The largest absolute Gasteiger partial charge is 0.329 e. The summed E-state index contributed by atoms with van der Waals surface area (Å²) in [5.41, 5.74) is 0.428. The Kier molecular flexibility index (Phi) is 2.80. The molecule has 0 saturated carbocycles. The van der Waals surface area contributed by atoms with Crippen molar-refractivity contribution in [2.75, 3.05) is 11.4 Å². The van der Waals surface area contributed by atoms with Crippen LogP contribution in [0.3, 0.4) is 0 Å². The summed E-state index contributed by atoms with van der Waals surface area (Å²) in [6, 6.07) is 4.83. The molecule has 1 aromatic carbocycles. The van der Waals surface area contributed by atoms with Crippen LogP contribution in [0.4, 0.5) is 10.5 Å². The zero-order valence-corrected chi connectivity index (χ0v) is 9.96. The molecule has 3 amide bonds. The van der Waals surface area contributed by atoms with Gasteiger partial charge in [-0.25, -0.2) is 13.2 Å². The number of imide groups is 1. The van der Waals surface area contributed by atoms with Crippen molar-refractivity contribution in [2.24, 2.45) is 0 Å². The Bertz CT molecular complexity index is 582. The second-order valence-electron chi connectivity index (χ2n) is 3.37. The van der Waals surface area contributed by atoms with Crippen molar-refractivity contribution in [3.05, 3.63) is 24.3 Å². The summed E-state index contributed by atoms with van der Waals surface area (Å²) in [6.45, 7) is -0.0776. The number of nitrogens with one attached hydrogen (secondary N) is 1. The summed E-state index contributed by atoms with van der Waals surface area (Å²) in [7, 11) is 1.37. The number of carbonyl (C=O) groups excluding carboxylic acids is 2. The molecule has 1 heterocycles. The van der Waals surface area contributed by atoms with E-state index in [1.54, 1.807) is 0 Å². The number of hydrogen-bond donors (Lipinski definition) is 1. The van der Waals surface area contributed by atoms with Gasteiger partial charge in [-0.05, 0) is 24.3 Å².